The molecule has 0 fully saturated rings. The van der Waals surface area contributed by atoms with Gasteiger partial charge in [-0.1, -0.05) is 55.8 Å². The SMILES string of the molecule is CCCCc1ccc(-c2ccc3cc(-c4cccc(C(=O)O)c4O)[nH]c3c2F)cc1. The Kier molecular flexibility index (Phi) is 5.27. The van der Waals surface area contributed by atoms with Gasteiger partial charge in [-0.2, -0.15) is 0 Å². The highest BCUT2D eigenvalue weighted by molar-refractivity contribution is 5.96. The van der Waals surface area contributed by atoms with E-state index in [0.717, 1.165) is 24.8 Å². The third kappa shape index (κ3) is 3.54. The number of carboxylic acids is 1. The van der Waals surface area contributed by atoms with E-state index >= 15 is 4.39 Å². The summed E-state index contributed by atoms with van der Waals surface area (Å²) in [5.74, 6) is -1.95. The van der Waals surface area contributed by atoms with Gasteiger partial charge in [-0.25, -0.2) is 9.18 Å². The number of nitrogens with one attached hydrogen (secondary N) is 1. The predicted octanol–water partition coefficient (Wildman–Crippen LogP) is 6.39. The molecule has 0 saturated heterocycles. The van der Waals surface area contributed by atoms with E-state index < -0.39 is 5.97 Å². The summed E-state index contributed by atoms with van der Waals surface area (Å²) in [6.45, 7) is 2.15. The van der Waals surface area contributed by atoms with Crippen LogP contribution in [0.5, 0.6) is 5.75 Å². The molecule has 0 aliphatic rings. The molecule has 1 aromatic heterocycles. The van der Waals surface area contributed by atoms with Crippen LogP contribution in [0.1, 0.15) is 35.7 Å². The summed E-state index contributed by atoms with van der Waals surface area (Å²) < 4.78 is 15.3. The number of hydrogen-bond acceptors (Lipinski definition) is 2. The van der Waals surface area contributed by atoms with Gasteiger partial charge in [-0.15, -0.1) is 0 Å². The molecule has 3 aromatic carbocycles. The molecule has 152 valence electrons. The number of halogens is 1. The number of aromatic amines is 1. The quantitative estimate of drug-likeness (QED) is 0.349. The molecular formula is C25H22FNO3. The lowest BCUT2D eigenvalue weighted by molar-refractivity contribution is 0.0694. The van der Waals surface area contributed by atoms with Crippen molar-refractivity contribution in [2.45, 2.75) is 26.2 Å². The molecule has 0 spiro atoms. The molecule has 5 heteroatoms. The van der Waals surface area contributed by atoms with Crippen LogP contribution in [0, 0.1) is 5.82 Å². The van der Waals surface area contributed by atoms with Crippen molar-refractivity contribution in [1.82, 2.24) is 4.98 Å². The molecule has 0 atom stereocenters. The minimum absolute atomic E-state index is 0.199. The van der Waals surface area contributed by atoms with E-state index in [1.54, 1.807) is 24.3 Å². The standard InChI is InChI=1S/C25H22FNO3/c1-2-3-5-15-8-10-16(11-9-15)18-13-12-17-14-21(27-23(17)22(18)26)19-6-4-7-20(24(19)28)25(29)30/h4,6-14,27-28H,2-3,5H2,1H3,(H,29,30). The predicted molar refractivity (Wildman–Crippen MR) is 116 cm³/mol. The molecule has 0 aliphatic heterocycles. The fraction of sp³-hybridized carbons (Fsp3) is 0.160. The molecule has 0 amide bonds. The van der Waals surface area contributed by atoms with Gasteiger partial charge >= 0.3 is 5.97 Å². The molecule has 4 rings (SSSR count). The summed E-state index contributed by atoms with van der Waals surface area (Å²) in [6.07, 6.45) is 3.27. The van der Waals surface area contributed by atoms with Crippen LogP contribution in [0.25, 0.3) is 33.3 Å². The van der Waals surface area contributed by atoms with Crippen LogP contribution in [0.3, 0.4) is 0 Å². The Bertz CT molecular complexity index is 1230. The second-order valence-corrected chi connectivity index (χ2v) is 7.38. The van der Waals surface area contributed by atoms with Gasteiger partial charge in [0.2, 0.25) is 0 Å². The summed E-state index contributed by atoms with van der Waals surface area (Å²) in [5.41, 5.74) is 3.40. The van der Waals surface area contributed by atoms with Gasteiger partial charge < -0.3 is 15.2 Å². The van der Waals surface area contributed by atoms with Crippen LogP contribution in [-0.2, 0) is 6.42 Å². The third-order valence-corrected chi connectivity index (χ3v) is 5.37. The van der Waals surface area contributed by atoms with E-state index in [4.69, 9.17) is 0 Å². The summed E-state index contributed by atoms with van der Waals surface area (Å²) in [6, 6.07) is 17.7. The van der Waals surface area contributed by atoms with Crippen LogP contribution >= 0.6 is 0 Å². The lowest BCUT2D eigenvalue weighted by atomic mass is 10.0. The molecule has 0 unspecified atom stereocenters. The number of hydrogen-bond donors (Lipinski definition) is 3. The fourth-order valence-corrected chi connectivity index (χ4v) is 3.70. The number of aromatic carboxylic acids is 1. The summed E-state index contributed by atoms with van der Waals surface area (Å²) in [7, 11) is 0. The van der Waals surface area contributed by atoms with E-state index in [-0.39, 0.29) is 17.1 Å². The van der Waals surface area contributed by atoms with Gasteiger partial charge in [-0.05, 0) is 42.2 Å². The first-order valence-corrected chi connectivity index (χ1v) is 9.95. The topological polar surface area (TPSA) is 73.3 Å². The molecule has 0 saturated carbocycles. The van der Waals surface area contributed by atoms with E-state index in [1.165, 1.54) is 11.6 Å². The normalized spacial score (nSPS) is 11.1. The third-order valence-electron chi connectivity index (χ3n) is 5.37. The van der Waals surface area contributed by atoms with Crippen LogP contribution in [0.15, 0.2) is 60.7 Å². The number of H-pyrrole nitrogens is 1. The number of aryl methyl sites for hydroxylation is 1. The highest BCUT2D eigenvalue weighted by atomic mass is 19.1. The molecular weight excluding hydrogens is 381 g/mol. The van der Waals surface area contributed by atoms with Crippen molar-refractivity contribution in [1.29, 1.82) is 0 Å². The molecule has 0 aliphatic carbocycles. The van der Waals surface area contributed by atoms with Crippen molar-refractivity contribution in [3.05, 3.63) is 77.6 Å². The van der Waals surface area contributed by atoms with Crippen molar-refractivity contribution < 1.29 is 19.4 Å². The molecule has 0 radical (unpaired) electrons. The Morgan fingerprint density at radius 2 is 1.80 bits per heavy atom. The van der Waals surface area contributed by atoms with Gasteiger partial charge in [0.1, 0.15) is 11.3 Å². The van der Waals surface area contributed by atoms with Gasteiger partial charge in [0.05, 0.1) is 11.2 Å². The maximum atomic E-state index is 15.3. The summed E-state index contributed by atoms with van der Waals surface area (Å²) >= 11 is 0. The Balaban J connectivity index is 1.74. The first-order valence-electron chi connectivity index (χ1n) is 9.95. The number of fused-ring (bicyclic) bond motifs is 1. The molecule has 4 aromatic rings. The number of aromatic hydroxyl groups is 1. The molecule has 3 N–H and O–H groups in total. The number of carboxylic acid groups (broad SMARTS) is 1. The van der Waals surface area contributed by atoms with Crippen molar-refractivity contribution >= 4 is 16.9 Å². The zero-order chi connectivity index (χ0) is 21.3. The lowest BCUT2D eigenvalue weighted by Crippen LogP contribution is -1.97. The molecule has 4 nitrogen and oxygen atoms in total. The first-order chi connectivity index (χ1) is 14.5. The number of rotatable bonds is 6. The number of unbranched alkanes of at least 4 members (excludes halogenated alkanes) is 1. The minimum Gasteiger partial charge on any atom is -0.506 e. The zero-order valence-corrected chi connectivity index (χ0v) is 16.6. The number of phenols is 1. The Hall–Kier alpha value is -3.60. The van der Waals surface area contributed by atoms with Crippen LogP contribution < -0.4 is 0 Å². The number of benzene rings is 3. The average molecular weight is 403 g/mol. The van der Waals surface area contributed by atoms with Gasteiger partial charge in [-0.3, -0.25) is 0 Å². The van der Waals surface area contributed by atoms with Gasteiger partial charge in [0.25, 0.3) is 0 Å². The van der Waals surface area contributed by atoms with Crippen molar-refractivity contribution in [3.8, 4) is 28.1 Å². The number of para-hydroxylation sites is 1. The Morgan fingerprint density at radius 3 is 2.50 bits per heavy atom. The lowest BCUT2D eigenvalue weighted by Gasteiger charge is -2.07. The van der Waals surface area contributed by atoms with Crippen molar-refractivity contribution in [2.24, 2.45) is 0 Å². The number of aromatic nitrogens is 1. The second kappa shape index (κ2) is 8.03. The van der Waals surface area contributed by atoms with Gasteiger partial charge in [0, 0.05) is 16.5 Å². The molecule has 1 heterocycles. The molecule has 0 bridgehead atoms. The first kappa shape index (κ1) is 19.7. The Labute approximate surface area is 173 Å². The van der Waals surface area contributed by atoms with E-state index in [0.29, 0.717) is 27.7 Å². The van der Waals surface area contributed by atoms with Crippen molar-refractivity contribution in [2.75, 3.05) is 0 Å². The van der Waals surface area contributed by atoms with Crippen LogP contribution in [0.2, 0.25) is 0 Å². The summed E-state index contributed by atoms with van der Waals surface area (Å²) in [4.78, 5) is 14.3. The fourth-order valence-electron chi connectivity index (χ4n) is 3.70. The smallest absolute Gasteiger partial charge is 0.339 e. The maximum absolute atomic E-state index is 15.3. The highest BCUT2D eigenvalue weighted by Gasteiger charge is 2.17. The largest absolute Gasteiger partial charge is 0.506 e. The van der Waals surface area contributed by atoms with Crippen LogP contribution in [0.4, 0.5) is 4.39 Å². The van der Waals surface area contributed by atoms with E-state index in [2.05, 4.69) is 11.9 Å². The molecule has 30 heavy (non-hydrogen) atoms. The monoisotopic (exact) mass is 403 g/mol. The zero-order valence-electron chi connectivity index (χ0n) is 16.6. The highest BCUT2D eigenvalue weighted by Crippen LogP contribution is 2.36. The van der Waals surface area contributed by atoms with Gasteiger partial charge in [0.15, 0.2) is 5.82 Å². The van der Waals surface area contributed by atoms with Crippen molar-refractivity contribution in [3.63, 3.8) is 0 Å². The number of carbonyl (C=O) groups is 1. The Morgan fingerprint density at radius 1 is 1.03 bits per heavy atom. The van der Waals surface area contributed by atoms with E-state index in [9.17, 15) is 15.0 Å². The second-order valence-electron chi connectivity index (χ2n) is 7.38. The maximum Gasteiger partial charge on any atom is 0.339 e. The summed E-state index contributed by atoms with van der Waals surface area (Å²) in [5, 5.41) is 20.2. The van der Waals surface area contributed by atoms with Crippen LogP contribution in [-0.4, -0.2) is 21.2 Å². The average Bonchev–Trinajstić information content (AvgIpc) is 3.18. The minimum atomic E-state index is -1.22. The van der Waals surface area contributed by atoms with E-state index in [1.807, 2.05) is 30.3 Å².